The lowest BCUT2D eigenvalue weighted by Crippen LogP contribution is -2.54. The summed E-state index contributed by atoms with van der Waals surface area (Å²) in [6.45, 7) is 15.9. The Morgan fingerprint density at radius 1 is 1.08 bits per heavy atom. The number of amides is 1. The van der Waals surface area contributed by atoms with Gasteiger partial charge in [-0.05, 0) is 104 Å². The maximum Gasteiger partial charge on any atom is 0.263 e. The van der Waals surface area contributed by atoms with Gasteiger partial charge in [0, 0.05) is 26.2 Å². The molecule has 0 aromatic carbocycles. The molecule has 4 aliphatic carbocycles. The molecule has 1 saturated heterocycles. The number of piperazine rings is 1. The van der Waals surface area contributed by atoms with Crippen molar-refractivity contribution in [3.8, 4) is 0 Å². The molecule has 1 unspecified atom stereocenters. The van der Waals surface area contributed by atoms with Crippen molar-refractivity contribution in [2.45, 2.75) is 98.5 Å². The summed E-state index contributed by atoms with van der Waals surface area (Å²) in [5, 5.41) is 12.8. The topological polar surface area (TPSA) is 55.8 Å². The monoisotopic (exact) mass is 497 g/mol. The quantitative estimate of drug-likeness (QED) is 0.540. The molecule has 1 heterocycles. The number of carbonyl (C=O) groups is 1. The zero-order valence-corrected chi connectivity index (χ0v) is 23.8. The van der Waals surface area contributed by atoms with E-state index in [9.17, 15) is 9.90 Å². The molecule has 0 aromatic rings. The minimum absolute atomic E-state index is 0.180. The molecule has 0 radical (unpaired) electrons. The summed E-state index contributed by atoms with van der Waals surface area (Å²) in [5.41, 5.74) is 9.13. The Hall–Kier alpha value is -1.17. The molecule has 1 aliphatic heterocycles. The van der Waals surface area contributed by atoms with Crippen molar-refractivity contribution in [2.75, 3.05) is 33.2 Å². The molecule has 0 spiro atoms. The van der Waals surface area contributed by atoms with Crippen LogP contribution in [0.4, 0.5) is 0 Å². The van der Waals surface area contributed by atoms with Crippen molar-refractivity contribution in [1.82, 2.24) is 15.3 Å². The first-order valence-corrected chi connectivity index (χ1v) is 14.8. The molecule has 0 bridgehead atoms. The molecule has 1 amide bonds. The number of nitrogens with one attached hydrogen (secondary N) is 1. The average Bonchev–Trinajstić information content (AvgIpc) is 3.17. The highest BCUT2D eigenvalue weighted by atomic mass is 16.3. The molecule has 5 aliphatic rings. The molecule has 202 valence electrons. The van der Waals surface area contributed by atoms with Gasteiger partial charge < -0.3 is 10.0 Å². The first-order chi connectivity index (χ1) is 17.0. The van der Waals surface area contributed by atoms with Gasteiger partial charge in [-0.3, -0.25) is 10.2 Å². The van der Waals surface area contributed by atoms with Gasteiger partial charge in [0.05, 0.1) is 0 Å². The molecular weight excluding hydrogens is 446 g/mol. The van der Waals surface area contributed by atoms with Crippen LogP contribution in [-0.2, 0) is 4.79 Å². The standard InChI is InChI=1S/C31H51N3O2/c1-21(20-26(35)28(36)32-34-18-16-33(6)17-19-34)23-9-10-24-22-8-11-27-29(2,3)13-7-14-31(27,5)25(22)12-15-30(23,24)4/h10,21,23,26-27,35H,7-9,11-20H2,1-6H3,(H,32,36)/t21-,23-,26?,27+,30-,31-/m1/s1. The highest BCUT2D eigenvalue weighted by Gasteiger charge is 2.55. The lowest BCUT2D eigenvalue weighted by molar-refractivity contribution is -0.136. The Morgan fingerprint density at radius 3 is 2.53 bits per heavy atom. The van der Waals surface area contributed by atoms with Gasteiger partial charge >= 0.3 is 0 Å². The Labute approximate surface area is 219 Å². The summed E-state index contributed by atoms with van der Waals surface area (Å²) in [7, 11) is 2.10. The Bertz CT molecular complexity index is 930. The van der Waals surface area contributed by atoms with E-state index in [1.54, 1.807) is 16.7 Å². The Balaban J connectivity index is 1.26. The van der Waals surface area contributed by atoms with Crippen molar-refractivity contribution in [3.63, 3.8) is 0 Å². The van der Waals surface area contributed by atoms with Crippen molar-refractivity contribution in [1.29, 1.82) is 0 Å². The molecule has 36 heavy (non-hydrogen) atoms. The zero-order chi connectivity index (χ0) is 25.9. The number of hydrogen-bond acceptors (Lipinski definition) is 4. The average molecular weight is 498 g/mol. The van der Waals surface area contributed by atoms with Crippen LogP contribution in [0.1, 0.15) is 92.4 Å². The fraction of sp³-hybridized carbons (Fsp3) is 0.839. The SMILES string of the molecule is C[C@H](CC(O)C(=O)NN1CCN(C)CC1)[C@H]1CC=C2C3=C(CC[C@@]21C)[C@@]1(C)CCCC(C)(C)[C@@H]1CC3. The van der Waals surface area contributed by atoms with Gasteiger partial charge in [-0.25, -0.2) is 5.01 Å². The largest absolute Gasteiger partial charge is 0.383 e. The van der Waals surface area contributed by atoms with Crippen molar-refractivity contribution < 1.29 is 9.90 Å². The third-order valence-corrected chi connectivity index (χ3v) is 11.6. The van der Waals surface area contributed by atoms with Crippen molar-refractivity contribution in [3.05, 3.63) is 22.8 Å². The Kier molecular flexibility index (Phi) is 7.00. The van der Waals surface area contributed by atoms with E-state index >= 15 is 0 Å². The highest BCUT2D eigenvalue weighted by Crippen LogP contribution is 2.66. The van der Waals surface area contributed by atoms with Gasteiger partial charge in [-0.1, -0.05) is 52.7 Å². The smallest absolute Gasteiger partial charge is 0.263 e. The minimum Gasteiger partial charge on any atom is -0.383 e. The predicted molar refractivity (Wildman–Crippen MR) is 146 cm³/mol. The maximum absolute atomic E-state index is 12.8. The van der Waals surface area contributed by atoms with Crippen LogP contribution in [0.25, 0.3) is 0 Å². The lowest BCUT2D eigenvalue weighted by atomic mass is 9.47. The number of carbonyl (C=O) groups excluding carboxylic acids is 1. The molecule has 5 rings (SSSR count). The Morgan fingerprint density at radius 2 is 1.81 bits per heavy atom. The first-order valence-electron chi connectivity index (χ1n) is 14.8. The number of nitrogens with zero attached hydrogens (tertiary/aromatic N) is 2. The van der Waals surface area contributed by atoms with E-state index in [0.717, 1.165) is 38.5 Å². The normalized spacial score (nSPS) is 38.5. The van der Waals surface area contributed by atoms with Crippen LogP contribution in [0.15, 0.2) is 22.8 Å². The van der Waals surface area contributed by atoms with E-state index < -0.39 is 6.10 Å². The summed E-state index contributed by atoms with van der Waals surface area (Å²) in [6, 6.07) is 0. The summed E-state index contributed by atoms with van der Waals surface area (Å²) in [6.07, 6.45) is 12.4. The van der Waals surface area contributed by atoms with Crippen molar-refractivity contribution in [2.24, 2.45) is 34.0 Å². The predicted octanol–water partition coefficient (Wildman–Crippen LogP) is 5.32. The number of aliphatic hydroxyl groups excluding tert-OH is 1. The molecule has 6 atom stereocenters. The van der Waals surface area contributed by atoms with Gasteiger partial charge in [0.1, 0.15) is 6.10 Å². The van der Waals surface area contributed by atoms with Gasteiger partial charge in [0.25, 0.3) is 5.91 Å². The highest BCUT2D eigenvalue weighted by molar-refractivity contribution is 5.80. The summed E-state index contributed by atoms with van der Waals surface area (Å²) in [4.78, 5) is 15.0. The molecule has 1 saturated carbocycles. The molecule has 5 heteroatoms. The fourth-order valence-corrected chi connectivity index (χ4v) is 9.45. The van der Waals surface area contributed by atoms with Crippen molar-refractivity contribution >= 4 is 5.91 Å². The maximum atomic E-state index is 12.8. The number of hydrogen-bond donors (Lipinski definition) is 2. The van der Waals surface area contributed by atoms with E-state index in [-0.39, 0.29) is 11.3 Å². The summed E-state index contributed by atoms with van der Waals surface area (Å²) >= 11 is 0. The number of allylic oxidation sites excluding steroid dienone is 4. The van der Waals surface area contributed by atoms with Crippen LogP contribution in [-0.4, -0.2) is 60.3 Å². The van der Waals surface area contributed by atoms with Crippen LogP contribution in [0.3, 0.4) is 0 Å². The number of hydrazine groups is 1. The fourth-order valence-electron chi connectivity index (χ4n) is 9.45. The third kappa shape index (κ3) is 4.41. The first kappa shape index (κ1) is 26.4. The third-order valence-electron chi connectivity index (χ3n) is 11.6. The van der Waals surface area contributed by atoms with E-state index in [0.29, 0.717) is 29.1 Å². The molecule has 5 nitrogen and oxygen atoms in total. The second-order valence-electron chi connectivity index (χ2n) is 14.2. The number of fused-ring (bicyclic) bond motifs is 4. The van der Waals surface area contributed by atoms with Crippen LogP contribution in [0, 0.1) is 34.0 Å². The number of aliphatic hydroxyl groups is 1. The number of likely N-dealkylation sites (N-methyl/N-ethyl adjacent to an activating group) is 1. The van der Waals surface area contributed by atoms with Crippen LogP contribution in [0.5, 0.6) is 0 Å². The van der Waals surface area contributed by atoms with Crippen LogP contribution < -0.4 is 5.43 Å². The van der Waals surface area contributed by atoms with Gasteiger partial charge in [0.15, 0.2) is 0 Å². The second-order valence-corrected chi connectivity index (χ2v) is 14.2. The minimum atomic E-state index is -0.940. The van der Waals surface area contributed by atoms with Gasteiger partial charge in [-0.2, -0.15) is 0 Å². The van der Waals surface area contributed by atoms with E-state index in [4.69, 9.17) is 0 Å². The second kappa shape index (κ2) is 9.54. The lowest BCUT2D eigenvalue weighted by Gasteiger charge is -2.58. The molecule has 2 N–H and O–H groups in total. The molecular formula is C31H51N3O2. The van der Waals surface area contributed by atoms with E-state index in [2.05, 4.69) is 58.1 Å². The molecule has 2 fully saturated rings. The van der Waals surface area contributed by atoms with Gasteiger partial charge in [-0.15, -0.1) is 0 Å². The number of rotatable bonds is 5. The molecule has 0 aromatic heterocycles. The van der Waals surface area contributed by atoms with Crippen LogP contribution >= 0.6 is 0 Å². The van der Waals surface area contributed by atoms with E-state index in [1.165, 1.54) is 44.9 Å². The van der Waals surface area contributed by atoms with E-state index in [1.807, 2.05) is 5.01 Å². The van der Waals surface area contributed by atoms with Gasteiger partial charge in [0.2, 0.25) is 0 Å². The zero-order valence-electron chi connectivity index (χ0n) is 23.8. The van der Waals surface area contributed by atoms with Crippen LogP contribution in [0.2, 0.25) is 0 Å². The summed E-state index contributed by atoms with van der Waals surface area (Å²) < 4.78 is 0. The summed E-state index contributed by atoms with van der Waals surface area (Å²) in [5.74, 6) is 1.38.